The fourth-order valence-corrected chi connectivity index (χ4v) is 12.3. The average molecular weight is 526 g/mol. The number of nitrogens with zero attached hydrogens (tertiary/aromatic N) is 2. The van der Waals surface area contributed by atoms with Crippen molar-refractivity contribution in [2.75, 3.05) is 0 Å². The maximum atomic E-state index is 9.72. The molecule has 2 nitrogen and oxygen atoms in total. The molecule has 0 aliphatic rings. The van der Waals surface area contributed by atoms with Crippen molar-refractivity contribution in [1.29, 1.82) is 5.26 Å². The molecule has 0 amide bonds. The van der Waals surface area contributed by atoms with Crippen LogP contribution in [0.4, 0.5) is 0 Å². The fourth-order valence-electron chi connectivity index (χ4n) is 6.62. The van der Waals surface area contributed by atoms with Crippen LogP contribution in [0.5, 0.6) is 0 Å². The standard InChI is InChI=1S/C36H37N2Si/c1-25-22-33(26(2)27(3)34(25)24-37)35-32-19-18-31(23-28(32)20-21-38(35)7)39(36(4,5)6,29-14-10-8-11-15-29)30-16-12-9-13-17-30/h8-23H,1-7H3/q+1. The van der Waals surface area contributed by atoms with Crippen molar-refractivity contribution in [3.8, 4) is 17.3 Å². The van der Waals surface area contributed by atoms with Gasteiger partial charge in [0.1, 0.15) is 7.05 Å². The number of pyridine rings is 1. The molecule has 3 heteroatoms. The topological polar surface area (TPSA) is 27.7 Å². The molecule has 0 saturated heterocycles. The van der Waals surface area contributed by atoms with Crippen molar-refractivity contribution in [2.45, 2.75) is 46.6 Å². The summed E-state index contributed by atoms with van der Waals surface area (Å²) in [6.07, 6.45) is 2.18. The van der Waals surface area contributed by atoms with E-state index < -0.39 is 8.07 Å². The zero-order valence-corrected chi connectivity index (χ0v) is 25.1. The highest BCUT2D eigenvalue weighted by atomic mass is 28.3. The van der Waals surface area contributed by atoms with E-state index in [9.17, 15) is 5.26 Å². The SMILES string of the molecule is Cc1cc(-c2c3ccc([Si](c4ccccc4)(c4ccccc4)C(C)(C)C)cc3cc[n+]2C)c(C)c(C)c1C#N. The lowest BCUT2D eigenvalue weighted by atomic mass is 9.91. The third kappa shape index (κ3) is 4.20. The lowest BCUT2D eigenvalue weighted by Crippen LogP contribution is -2.72. The van der Waals surface area contributed by atoms with Gasteiger partial charge in [-0.2, -0.15) is 5.26 Å². The summed E-state index contributed by atoms with van der Waals surface area (Å²) >= 11 is 0. The highest BCUT2D eigenvalue weighted by molar-refractivity contribution is 7.13. The first-order chi connectivity index (χ1) is 18.6. The van der Waals surface area contributed by atoms with Crippen LogP contribution in [-0.4, -0.2) is 8.07 Å². The van der Waals surface area contributed by atoms with Crippen LogP contribution < -0.4 is 20.1 Å². The summed E-state index contributed by atoms with van der Waals surface area (Å²) in [6.45, 7) is 13.5. The van der Waals surface area contributed by atoms with Gasteiger partial charge in [-0.3, -0.25) is 0 Å². The monoisotopic (exact) mass is 525 g/mol. The van der Waals surface area contributed by atoms with Gasteiger partial charge in [0.25, 0.3) is 0 Å². The molecule has 5 rings (SSSR count). The predicted octanol–water partition coefficient (Wildman–Crippen LogP) is 6.40. The first-order valence-corrected chi connectivity index (χ1v) is 15.7. The van der Waals surface area contributed by atoms with Gasteiger partial charge in [-0.1, -0.05) is 93.6 Å². The molecule has 194 valence electrons. The van der Waals surface area contributed by atoms with Crippen LogP contribution in [0.1, 0.15) is 43.0 Å². The second-order valence-corrected chi connectivity index (χ2v) is 16.5. The maximum Gasteiger partial charge on any atom is 0.220 e. The Labute approximate surface area is 234 Å². The lowest BCUT2D eigenvalue weighted by Gasteiger charge is -2.44. The van der Waals surface area contributed by atoms with Crippen molar-refractivity contribution in [2.24, 2.45) is 7.05 Å². The van der Waals surface area contributed by atoms with E-state index in [0.717, 1.165) is 22.3 Å². The van der Waals surface area contributed by atoms with Crippen molar-refractivity contribution in [3.63, 3.8) is 0 Å². The predicted molar refractivity (Wildman–Crippen MR) is 167 cm³/mol. The van der Waals surface area contributed by atoms with Crippen LogP contribution in [-0.2, 0) is 7.05 Å². The van der Waals surface area contributed by atoms with Gasteiger partial charge >= 0.3 is 0 Å². The third-order valence-electron chi connectivity index (χ3n) is 8.57. The Morgan fingerprint density at radius 1 is 0.718 bits per heavy atom. The molecule has 0 unspecified atom stereocenters. The minimum absolute atomic E-state index is 0.0313. The van der Waals surface area contributed by atoms with Crippen LogP contribution in [0, 0.1) is 32.1 Å². The molecule has 0 N–H and O–H groups in total. The largest absolute Gasteiger partial charge is 0.220 e. The minimum atomic E-state index is -2.44. The lowest BCUT2D eigenvalue weighted by molar-refractivity contribution is -0.659. The zero-order valence-electron chi connectivity index (χ0n) is 24.1. The second kappa shape index (κ2) is 9.95. The van der Waals surface area contributed by atoms with Gasteiger partial charge in [0.05, 0.1) is 22.6 Å². The van der Waals surface area contributed by atoms with Crippen molar-refractivity contribution >= 4 is 34.4 Å². The van der Waals surface area contributed by atoms with Crippen LogP contribution in [0.3, 0.4) is 0 Å². The molecule has 1 aromatic heterocycles. The van der Waals surface area contributed by atoms with E-state index in [-0.39, 0.29) is 5.04 Å². The Balaban J connectivity index is 1.84. The van der Waals surface area contributed by atoms with E-state index >= 15 is 0 Å². The summed E-state index contributed by atoms with van der Waals surface area (Å²) in [6, 6.07) is 36.3. The second-order valence-electron chi connectivity index (χ2n) is 11.8. The van der Waals surface area contributed by atoms with Crippen LogP contribution in [0.2, 0.25) is 5.04 Å². The Hall–Kier alpha value is -4.00. The zero-order chi connectivity index (χ0) is 27.9. The molecule has 0 radical (unpaired) electrons. The van der Waals surface area contributed by atoms with Crippen molar-refractivity contribution in [1.82, 2.24) is 0 Å². The fraction of sp³-hybridized carbons (Fsp3) is 0.222. The summed E-state index contributed by atoms with van der Waals surface area (Å²) in [5.41, 5.74) is 6.42. The first-order valence-electron chi connectivity index (χ1n) is 13.7. The number of nitriles is 1. The van der Waals surface area contributed by atoms with E-state index in [0.29, 0.717) is 0 Å². The Kier molecular flexibility index (Phi) is 6.79. The molecule has 1 heterocycles. The molecule has 0 aliphatic carbocycles. The van der Waals surface area contributed by atoms with Gasteiger partial charge in [-0.05, 0) is 75.6 Å². The smallest absolute Gasteiger partial charge is 0.200 e. The molecule has 0 bridgehead atoms. The number of rotatable bonds is 4. The third-order valence-corrected chi connectivity index (χ3v) is 14.4. The van der Waals surface area contributed by atoms with Crippen molar-refractivity contribution in [3.05, 3.63) is 119 Å². The number of benzene rings is 4. The molecule has 0 spiro atoms. The summed E-state index contributed by atoms with van der Waals surface area (Å²) in [5, 5.41) is 16.5. The molecular formula is C36H37N2Si+. The number of hydrogen-bond donors (Lipinski definition) is 0. The summed E-state index contributed by atoms with van der Waals surface area (Å²) < 4.78 is 2.22. The van der Waals surface area contributed by atoms with Crippen molar-refractivity contribution < 1.29 is 4.57 Å². The maximum absolute atomic E-state index is 9.72. The summed E-state index contributed by atoms with van der Waals surface area (Å²) in [4.78, 5) is 0. The molecule has 4 aromatic carbocycles. The van der Waals surface area contributed by atoms with E-state index in [4.69, 9.17) is 0 Å². The van der Waals surface area contributed by atoms with Crippen LogP contribution in [0.15, 0.2) is 97.2 Å². The van der Waals surface area contributed by atoms with Gasteiger partial charge in [0.15, 0.2) is 14.3 Å². The molecule has 5 aromatic rings. The van der Waals surface area contributed by atoms with Gasteiger partial charge < -0.3 is 0 Å². The summed E-state index contributed by atoms with van der Waals surface area (Å²) in [5.74, 6) is 0. The van der Waals surface area contributed by atoms with Gasteiger partial charge in [0.2, 0.25) is 5.69 Å². The molecular weight excluding hydrogens is 488 g/mol. The quantitative estimate of drug-likeness (QED) is 0.152. The van der Waals surface area contributed by atoms with E-state index in [1.165, 1.54) is 37.6 Å². The summed E-state index contributed by atoms with van der Waals surface area (Å²) in [7, 11) is -0.319. The number of hydrogen-bond acceptors (Lipinski definition) is 1. The minimum Gasteiger partial charge on any atom is -0.200 e. The number of fused-ring (bicyclic) bond motifs is 1. The molecule has 39 heavy (non-hydrogen) atoms. The van der Waals surface area contributed by atoms with E-state index in [2.05, 4.69) is 149 Å². The Morgan fingerprint density at radius 3 is 1.85 bits per heavy atom. The molecule has 0 atom stereocenters. The van der Waals surface area contributed by atoms with Crippen LogP contribution in [0.25, 0.3) is 22.0 Å². The first kappa shape index (κ1) is 26.6. The average Bonchev–Trinajstić information content (AvgIpc) is 2.92. The Morgan fingerprint density at radius 2 is 1.31 bits per heavy atom. The molecule has 0 aliphatic heterocycles. The molecule has 0 fully saturated rings. The van der Waals surface area contributed by atoms with Gasteiger partial charge in [0, 0.05) is 6.07 Å². The van der Waals surface area contributed by atoms with E-state index in [1.54, 1.807) is 0 Å². The number of aryl methyl sites for hydroxylation is 2. The number of aromatic nitrogens is 1. The normalized spacial score (nSPS) is 11.9. The molecule has 0 saturated carbocycles. The highest BCUT2D eigenvalue weighted by Gasteiger charge is 2.49. The Bertz CT molecular complexity index is 1680. The van der Waals surface area contributed by atoms with Gasteiger partial charge in [-0.25, -0.2) is 4.57 Å². The van der Waals surface area contributed by atoms with Crippen LogP contribution >= 0.6 is 0 Å². The van der Waals surface area contributed by atoms with Gasteiger partial charge in [-0.15, -0.1) is 0 Å². The van der Waals surface area contributed by atoms with E-state index in [1.807, 2.05) is 6.92 Å². The highest BCUT2D eigenvalue weighted by Crippen LogP contribution is 2.37.